The van der Waals surface area contributed by atoms with Crippen molar-refractivity contribution in [3.8, 4) is 5.75 Å². The number of anilines is 1. The zero-order valence-corrected chi connectivity index (χ0v) is 14.9. The summed E-state index contributed by atoms with van der Waals surface area (Å²) in [6.07, 6.45) is 3.40. The Morgan fingerprint density at radius 3 is 3.08 bits per heavy atom. The van der Waals surface area contributed by atoms with Gasteiger partial charge in [0.2, 0.25) is 5.91 Å². The van der Waals surface area contributed by atoms with E-state index in [1.54, 1.807) is 19.6 Å². The maximum Gasteiger partial charge on any atom is 0.265 e. The molecule has 1 aliphatic heterocycles. The lowest BCUT2D eigenvalue weighted by Gasteiger charge is -2.29. The third-order valence-electron chi connectivity index (χ3n) is 4.16. The van der Waals surface area contributed by atoms with Crippen LogP contribution in [0.1, 0.15) is 11.3 Å². The Morgan fingerprint density at radius 2 is 2.27 bits per heavy atom. The van der Waals surface area contributed by atoms with Gasteiger partial charge in [-0.15, -0.1) is 0 Å². The van der Waals surface area contributed by atoms with Crippen LogP contribution in [-0.4, -0.2) is 48.2 Å². The fourth-order valence-corrected chi connectivity index (χ4v) is 2.76. The first-order valence-corrected chi connectivity index (χ1v) is 8.37. The van der Waals surface area contributed by atoms with Crippen LogP contribution in [0.25, 0.3) is 0 Å². The van der Waals surface area contributed by atoms with Gasteiger partial charge >= 0.3 is 0 Å². The van der Waals surface area contributed by atoms with Gasteiger partial charge in [-0.1, -0.05) is 6.07 Å². The van der Waals surface area contributed by atoms with Crippen molar-refractivity contribution in [2.45, 2.75) is 20.0 Å². The first-order valence-electron chi connectivity index (χ1n) is 8.37. The highest BCUT2D eigenvalue weighted by atomic mass is 16.5. The van der Waals surface area contributed by atoms with Gasteiger partial charge in [0.15, 0.2) is 6.61 Å². The summed E-state index contributed by atoms with van der Waals surface area (Å²) in [6, 6.07) is 5.57. The molecule has 2 amide bonds. The molecule has 0 aliphatic carbocycles. The van der Waals surface area contributed by atoms with Crippen molar-refractivity contribution >= 4 is 17.5 Å². The van der Waals surface area contributed by atoms with E-state index in [0.29, 0.717) is 31.1 Å². The number of hydrogen-bond donors (Lipinski definition) is 1. The van der Waals surface area contributed by atoms with Gasteiger partial charge in [0.25, 0.3) is 5.91 Å². The number of hydrogen-bond acceptors (Lipinski definition) is 5. The predicted molar refractivity (Wildman–Crippen MR) is 95.0 cm³/mol. The lowest BCUT2D eigenvalue weighted by atomic mass is 10.1. The van der Waals surface area contributed by atoms with Crippen LogP contribution in [0.4, 0.5) is 5.69 Å². The molecule has 8 nitrogen and oxygen atoms in total. The minimum absolute atomic E-state index is 0.0507. The van der Waals surface area contributed by atoms with E-state index in [4.69, 9.17) is 9.47 Å². The fourth-order valence-electron chi connectivity index (χ4n) is 2.76. The Balaban J connectivity index is 1.63. The molecule has 1 aliphatic rings. The Morgan fingerprint density at radius 1 is 1.42 bits per heavy atom. The molecule has 1 aromatic heterocycles. The predicted octanol–water partition coefficient (Wildman–Crippen LogP) is 0.880. The maximum atomic E-state index is 12.4. The number of nitrogens with one attached hydrogen (secondary N) is 1. The van der Waals surface area contributed by atoms with E-state index in [9.17, 15) is 9.59 Å². The van der Waals surface area contributed by atoms with Crippen molar-refractivity contribution in [2.75, 3.05) is 31.8 Å². The molecular formula is C18H22N4O4. The Hall–Kier alpha value is -2.87. The van der Waals surface area contributed by atoms with Gasteiger partial charge in [-0.25, -0.2) is 4.98 Å². The molecule has 0 radical (unpaired) electrons. The summed E-state index contributed by atoms with van der Waals surface area (Å²) in [4.78, 5) is 30.1. The van der Waals surface area contributed by atoms with Gasteiger partial charge in [0.1, 0.15) is 12.3 Å². The fraction of sp³-hybridized carbons (Fsp3) is 0.389. The monoisotopic (exact) mass is 358 g/mol. The van der Waals surface area contributed by atoms with Gasteiger partial charge in [-0.05, 0) is 24.6 Å². The number of carbonyl (C=O) groups excluding carboxylic acids is 2. The second-order valence-corrected chi connectivity index (χ2v) is 6.09. The third-order valence-corrected chi connectivity index (χ3v) is 4.16. The molecule has 0 unspecified atom stereocenters. The lowest BCUT2D eigenvalue weighted by Crippen LogP contribution is -2.45. The van der Waals surface area contributed by atoms with E-state index < -0.39 is 0 Å². The third kappa shape index (κ3) is 4.02. The average Bonchev–Trinajstić information content (AvgIpc) is 3.08. The van der Waals surface area contributed by atoms with Crippen molar-refractivity contribution in [1.82, 2.24) is 14.9 Å². The first-order chi connectivity index (χ1) is 12.6. The molecule has 1 N–H and O–H groups in total. The summed E-state index contributed by atoms with van der Waals surface area (Å²) in [7, 11) is 1.64. The van der Waals surface area contributed by atoms with E-state index in [-0.39, 0.29) is 25.0 Å². The van der Waals surface area contributed by atoms with Gasteiger partial charge in [-0.2, -0.15) is 0 Å². The van der Waals surface area contributed by atoms with Crippen molar-refractivity contribution in [1.29, 1.82) is 0 Å². The van der Waals surface area contributed by atoms with Crippen molar-refractivity contribution < 1.29 is 19.1 Å². The number of aryl methyl sites for hydroxylation is 1. The minimum Gasteiger partial charge on any atom is -0.482 e. The Kier molecular flexibility index (Phi) is 5.52. The first kappa shape index (κ1) is 17.9. The Bertz CT molecular complexity index is 802. The normalized spacial score (nSPS) is 13.3. The summed E-state index contributed by atoms with van der Waals surface area (Å²) in [6.45, 7) is 3.38. The SMILES string of the molecule is COCCn1cncc1CNC(=O)CN1C(=O)COc2ccc(C)cc21. The highest BCUT2D eigenvalue weighted by molar-refractivity contribution is 6.02. The van der Waals surface area contributed by atoms with Gasteiger partial charge in [-0.3, -0.25) is 14.5 Å². The topological polar surface area (TPSA) is 85.7 Å². The highest BCUT2D eigenvalue weighted by Crippen LogP contribution is 2.32. The van der Waals surface area contributed by atoms with Crippen LogP contribution in [-0.2, 0) is 27.4 Å². The van der Waals surface area contributed by atoms with Crippen LogP contribution in [0.3, 0.4) is 0 Å². The Labute approximate surface area is 151 Å². The largest absolute Gasteiger partial charge is 0.482 e. The second-order valence-electron chi connectivity index (χ2n) is 6.09. The minimum atomic E-state index is -0.243. The number of methoxy groups -OCH3 is 1. The summed E-state index contributed by atoms with van der Waals surface area (Å²) in [5, 5.41) is 2.84. The number of amides is 2. The van der Waals surface area contributed by atoms with Crippen LogP contribution in [0.5, 0.6) is 5.75 Å². The average molecular weight is 358 g/mol. The molecule has 0 bridgehead atoms. The molecule has 3 rings (SSSR count). The number of nitrogens with zero attached hydrogens (tertiary/aromatic N) is 3. The van der Waals surface area contributed by atoms with Crippen LogP contribution in [0, 0.1) is 6.92 Å². The number of aromatic nitrogens is 2. The standard InChI is InChI=1S/C18H22N4O4/c1-13-3-4-16-15(7-13)22(18(24)11-26-16)10-17(23)20-9-14-8-19-12-21(14)5-6-25-2/h3-4,7-8,12H,5-6,9-11H2,1-2H3,(H,20,23). The van der Waals surface area contributed by atoms with Gasteiger partial charge in [0.05, 0.1) is 30.9 Å². The summed E-state index contributed by atoms with van der Waals surface area (Å²) >= 11 is 0. The molecule has 2 aromatic rings. The summed E-state index contributed by atoms with van der Waals surface area (Å²) in [5.41, 5.74) is 2.50. The molecule has 8 heteroatoms. The molecule has 2 heterocycles. The maximum absolute atomic E-state index is 12.4. The zero-order chi connectivity index (χ0) is 18.5. The lowest BCUT2D eigenvalue weighted by molar-refractivity contribution is -0.125. The quantitative estimate of drug-likeness (QED) is 0.794. The highest BCUT2D eigenvalue weighted by Gasteiger charge is 2.27. The van der Waals surface area contributed by atoms with Crippen LogP contribution in [0.15, 0.2) is 30.7 Å². The molecule has 1 aromatic carbocycles. The number of carbonyl (C=O) groups is 2. The van der Waals surface area contributed by atoms with E-state index in [1.807, 2.05) is 29.7 Å². The molecule has 0 saturated carbocycles. The van der Waals surface area contributed by atoms with Crippen molar-refractivity contribution in [2.24, 2.45) is 0 Å². The van der Waals surface area contributed by atoms with E-state index in [2.05, 4.69) is 10.3 Å². The van der Waals surface area contributed by atoms with E-state index >= 15 is 0 Å². The second kappa shape index (κ2) is 8.01. The van der Waals surface area contributed by atoms with Crippen LogP contribution in [0.2, 0.25) is 0 Å². The summed E-state index contributed by atoms with van der Waals surface area (Å²) in [5.74, 6) is 0.135. The number of fused-ring (bicyclic) bond motifs is 1. The number of benzene rings is 1. The molecule has 138 valence electrons. The van der Waals surface area contributed by atoms with Crippen molar-refractivity contribution in [3.05, 3.63) is 42.0 Å². The number of imidazole rings is 1. The van der Waals surface area contributed by atoms with Crippen LogP contribution < -0.4 is 15.0 Å². The number of ether oxygens (including phenoxy) is 2. The summed E-state index contributed by atoms with van der Waals surface area (Å²) < 4.78 is 12.4. The molecule has 0 spiro atoms. The van der Waals surface area contributed by atoms with E-state index in [1.165, 1.54) is 4.90 Å². The molecule has 0 fully saturated rings. The van der Waals surface area contributed by atoms with Crippen LogP contribution >= 0.6 is 0 Å². The molecule has 0 saturated heterocycles. The van der Waals surface area contributed by atoms with Crippen molar-refractivity contribution in [3.63, 3.8) is 0 Å². The smallest absolute Gasteiger partial charge is 0.265 e. The van der Waals surface area contributed by atoms with Gasteiger partial charge in [0, 0.05) is 19.9 Å². The molecular weight excluding hydrogens is 336 g/mol. The zero-order valence-electron chi connectivity index (χ0n) is 14.9. The van der Waals surface area contributed by atoms with Gasteiger partial charge < -0.3 is 19.4 Å². The molecule has 26 heavy (non-hydrogen) atoms. The van der Waals surface area contributed by atoms with E-state index in [0.717, 1.165) is 11.3 Å². The number of rotatable bonds is 7. The molecule has 0 atom stereocenters.